The molecule has 0 aliphatic carbocycles. The van der Waals surface area contributed by atoms with Crippen molar-refractivity contribution in [3.8, 4) is 0 Å². The number of nitrogens with two attached hydrogens (primary N) is 1. The third kappa shape index (κ3) is 1.96. The zero-order valence-electron chi connectivity index (χ0n) is 8.87. The van der Waals surface area contributed by atoms with Crippen LogP contribution in [0.25, 0.3) is 0 Å². The predicted octanol–water partition coefficient (Wildman–Crippen LogP) is 0.775. The molecule has 1 aromatic rings. The fourth-order valence-corrected chi connectivity index (χ4v) is 1.99. The van der Waals surface area contributed by atoms with Crippen LogP contribution in [0.1, 0.15) is 6.42 Å². The summed E-state index contributed by atoms with van der Waals surface area (Å²) in [6.45, 7) is 2.17. The minimum absolute atomic E-state index is 0.0696. The molecule has 0 radical (unpaired) electrons. The average molecular weight is 222 g/mol. The van der Waals surface area contributed by atoms with Crippen LogP contribution in [0.2, 0.25) is 0 Å². The molecule has 0 amide bonds. The summed E-state index contributed by atoms with van der Waals surface area (Å²) in [5, 5.41) is 10.8. The van der Waals surface area contributed by atoms with E-state index in [0.717, 1.165) is 19.5 Å². The van der Waals surface area contributed by atoms with E-state index in [1.54, 1.807) is 12.3 Å². The molecule has 2 N–H and O–H groups in total. The van der Waals surface area contributed by atoms with Gasteiger partial charge < -0.3 is 10.6 Å². The van der Waals surface area contributed by atoms with Crippen LogP contribution in [-0.4, -0.2) is 29.5 Å². The molecular weight excluding hydrogens is 208 g/mol. The highest BCUT2D eigenvalue weighted by atomic mass is 16.6. The molecule has 1 unspecified atom stereocenters. The van der Waals surface area contributed by atoms with E-state index < -0.39 is 4.92 Å². The normalized spacial score (nSPS) is 20.1. The summed E-state index contributed by atoms with van der Waals surface area (Å²) in [6, 6.07) is 3.07. The zero-order valence-corrected chi connectivity index (χ0v) is 8.87. The van der Waals surface area contributed by atoms with Gasteiger partial charge in [-0.3, -0.25) is 10.1 Å². The Morgan fingerprint density at radius 2 is 2.50 bits per heavy atom. The minimum atomic E-state index is -0.391. The Morgan fingerprint density at radius 1 is 1.69 bits per heavy atom. The van der Waals surface area contributed by atoms with Gasteiger partial charge in [0.15, 0.2) is 0 Å². The highest BCUT2D eigenvalue weighted by Gasteiger charge is 2.27. The number of hydrogen-bond acceptors (Lipinski definition) is 5. The minimum Gasteiger partial charge on any atom is -0.351 e. The average Bonchev–Trinajstić information content (AvgIpc) is 2.77. The number of pyridine rings is 1. The van der Waals surface area contributed by atoms with Crippen molar-refractivity contribution in [3.05, 3.63) is 28.4 Å². The number of rotatable bonds is 3. The van der Waals surface area contributed by atoms with Gasteiger partial charge in [0.1, 0.15) is 0 Å². The molecule has 1 saturated heterocycles. The van der Waals surface area contributed by atoms with Crippen molar-refractivity contribution in [2.24, 2.45) is 11.7 Å². The van der Waals surface area contributed by atoms with Crippen molar-refractivity contribution in [1.29, 1.82) is 0 Å². The van der Waals surface area contributed by atoms with Gasteiger partial charge in [0.05, 0.1) is 4.92 Å². The smallest absolute Gasteiger partial charge is 0.311 e. The second-order valence-corrected chi connectivity index (χ2v) is 3.94. The zero-order chi connectivity index (χ0) is 11.5. The van der Waals surface area contributed by atoms with Crippen molar-refractivity contribution in [2.75, 3.05) is 24.5 Å². The SMILES string of the molecule is NCC1CCN(c2ncccc2[N+](=O)[O-])C1. The van der Waals surface area contributed by atoms with E-state index in [4.69, 9.17) is 5.73 Å². The third-order valence-corrected chi connectivity index (χ3v) is 2.88. The van der Waals surface area contributed by atoms with Crippen LogP contribution < -0.4 is 10.6 Å². The van der Waals surface area contributed by atoms with Crippen LogP contribution in [0.4, 0.5) is 11.5 Å². The van der Waals surface area contributed by atoms with E-state index in [0.29, 0.717) is 18.3 Å². The molecule has 1 fully saturated rings. The van der Waals surface area contributed by atoms with E-state index in [2.05, 4.69) is 4.98 Å². The summed E-state index contributed by atoms with van der Waals surface area (Å²) in [4.78, 5) is 16.5. The Morgan fingerprint density at radius 3 is 3.12 bits per heavy atom. The Bertz CT molecular complexity index is 396. The Hall–Kier alpha value is -1.69. The van der Waals surface area contributed by atoms with Crippen LogP contribution >= 0.6 is 0 Å². The van der Waals surface area contributed by atoms with Crippen molar-refractivity contribution >= 4 is 11.5 Å². The summed E-state index contributed by atoms with van der Waals surface area (Å²) >= 11 is 0. The Labute approximate surface area is 93.2 Å². The van der Waals surface area contributed by atoms with E-state index in [9.17, 15) is 10.1 Å². The van der Waals surface area contributed by atoms with Crippen LogP contribution in [0.5, 0.6) is 0 Å². The molecule has 16 heavy (non-hydrogen) atoms. The maximum atomic E-state index is 10.8. The first-order valence-corrected chi connectivity index (χ1v) is 5.26. The largest absolute Gasteiger partial charge is 0.351 e. The molecule has 1 aliphatic heterocycles. The van der Waals surface area contributed by atoms with Crippen molar-refractivity contribution in [2.45, 2.75) is 6.42 Å². The molecule has 0 spiro atoms. The van der Waals surface area contributed by atoms with Crippen LogP contribution in [0, 0.1) is 16.0 Å². The summed E-state index contributed by atoms with van der Waals surface area (Å²) in [5.74, 6) is 0.880. The fourth-order valence-electron chi connectivity index (χ4n) is 1.99. The van der Waals surface area contributed by atoms with Gasteiger partial charge in [-0.2, -0.15) is 0 Å². The first-order valence-electron chi connectivity index (χ1n) is 5.26. The van der Waals surface area contributed by atoms with Crippen molar-refractivity contribution in [1.82, 2.24) is 4.98 Å². The summed E-state index contributed by atoms with van der Waals surface area (Å²) in [7, 11) is 0. The molecule has 6 heteroatoms. The van der Waals surface area contributed by atoms with E-state index >= 15 is 0 Å². The number of nitro groups is 1. The first-order chi connectivity index (χ1) is 7.72. The molecule has 0 bridgehead atoms. The van der Waals surface area contributed by atoms with Gasteiger partial charge in [-0.1, -0.05) is 0 Å². The molecule has 1 atom stereocenters. The highest BCUT2D eigenvalue weighted by Crippen LogP contribution is 2.29. The lowest BCUT2D eigenvalue weighted by Crippen LogP contribution is -2.24. The van der Waals surface area contributed by atoms with Crippen LogP contribution in [0.3, 0.4) is 0 Å². The van der Waals surface area contributed by atoms with Gasteiger partial charge in [0.25, 0.3) is 0 Å². The Balaban J connectivity index is 2.24. The molecule has 2 rings (SSSR count). The topological polar surface area (TPSA) is 85.3 Å². The monoisotopic (exact) mass is 222 g/mol. The molecule has 6 nitrogen and oxygen atoms in total. The summed E-state index contributed by atoms with van der Waals surface area (Å²) in [6.07, 6.45) is 2.56. The van der Waals surface area contributed by atoms with Gasteiger partial charge >= 0.3 is 5.69 Å². The van der Waals surface area contributed by atoms with Gasteiger partial charge in [-0.05, 0) is 24.9 Å². The molecule has 0 aromatic carbocycles. The molecule has 1 aromatic heterocycles. The summed E-state index contributed by atoms with van der Waals surface area (Å²) < 4.78 is 0. The quantitative estimate of drug-likeness (QED) is 0.603. The predicted molar refractivity (Wildman–Crippen MR) is 60.3 cm³/mol. The molecule has 0 saturated carbocycles. The maximum absolute atomic E-state index is 10.8. The lowest BCUT2D eigenvalue weighted by atomic mass is 10.1. The molecule has 86 valence electrons. The number of anilines is 1. The highest BCUT2D eigenvalue weighted by molar-refractivity contribution is 5.57. The second-order valence-electron chi connectivity index (χ2n) is 3.94. The van der Waals surface area contributed by atoms with Gasteiger partial charge in [0, 0.05) is 25.4 Å². The van der Waals surface area contributed by atoms with Gasteiger partial charge in [-0.25, -0.2) is 4.98 Å². The standard InChI is InChI=1S/C10H14N4O2/c11-6-8-3-5-13(7-8)10-9(14(15)16)2-1-4-12-10/h1-2,4,8H,3,5-7,11H2. The van der Waals surface area contributed by atoms with E-state index in [-0.39, 0.29) is 5.69 Å². The van der Waals surface area contributed by atoms with Gasteiger partial charge in [-0.15, -0.1) is 0 Å². The third-order valence-electron chi connectivity index (χ3n) is 2.88. The second kappa shape index (κ2) is 4.44. The van der Waals surface area contributed by atoms with Crippen LogP contribution in [0.15, 0.2) is 18.3 Å². The number of nitrogens with zero attached hydrogens (tertiary/aromatic N) is 3. The molecular formula is C10H14N4O2. The van der Waals surface area contributed by atoms with E-state index in [1.807, 2.05) is 4.90 Å². The van der Waals surface area contributed by atoms with Crippen LogP contribution in [-0.2, 0) is 0 Å². The van der Waals surface area contributed by atoms with Gasteiger partial charge in [0.2, 0.25) is 5.82 Å². The lowest BCUT2D eigenvalue weighted by molar-refractivity contribution is -0.384. The lowest BCUT2D eigenvalue weighted by Gasteiger charge is -2.16. The molecule has 1 aliphatic rings. The maximum Gasteiger partial charge on any atom is 0.311 e. The molecule has 2 heterocycles. The fraction of sp³-hybridized carbons (Fsp3) is 0.500. The van der Waals surface area contributed by atoms with Crippen molar-refractivity contribution < 1.29 is 4.92 Å². The first kappa shape index (κ1) is 10.8. The number of aromatic nitrogens is 1. The Kier molecular flexibility index (Phi) is 3.00. The van der Waals surface area contributed by atoms with E-state index in [1.165, 1.54) is 6.07 Å². The summed E-state index contributed by atoms with van der Waals surface area (Å²) in [5.41, 5.74) is 5.66. The van der Waals surface area contributed by atoms with Crippen molar-refractivity contribution in [3.63, 3.8) is 0 Å². The number of hydrogen-bond donors (Lipinski definition) is 1.